The lowest BCUT2D eigenvalue weighted by atomic mass is 9.89. The van der Waals surface area contributed by atoms with E-state index >= 15 is 0 Å². The van der Waals surface area contributed by atoms with Gasteiger partial charge in [-0.2, -0.15) is 11.8 Å². The van der Waals surface area contributed by atoms with Crippen LogP contribution in [0.25, 0.3) is 0 Å². The predicted molar refractivity (Wildman–Crippen MR) is 94.6 cm³/mol. The standard InChI is InChI=1S/C18H26N2O2S/c21-17(11-16-13-23-10-8-19-16)20-12-15-7-4-9-22-18(15)14-5-2-1-3-6-14/h1-3,5-6,15-16,18-19H,4,7-13H2,(H,20,21). The Morgan fingerprint density at radius 1 is 1.35 bits per heavy atom. The van der Waals surface area contributed by atoms with Crippen molar-refractivity contribution >= 4 is 17.7 Å². The molecule has 1 aromatic carbocycles. The van der Waals surface area contributed by atoms with E-state index in [2.05, 4.69) is 34.9 Å². The van der Waals surface area contributed by atoms with Gasteiger partial charge in [0.25, 0.3) is 0 Å². The van der Waals surface area contributed by atoms with Crippen LogP contribution in [-0.2, 0) is 9.53 Å². The van der Waals surface area contributed by atoms with Gasteiger partial charge in [-0.1, -0.05) is 30.3 Å². The highest BCUT2D eigenvalue weighted by Crippen LogP contribution is 2.33. The second kappa shape index (κ2) is 8.71. The SMILES string of the molecule is O=C(CC1CSCCN1)NCC1CCCOC1c1ccccc1. The van der Waals surface area contributed by atoms with Crippen LogP contribution in [0.15, 0.2) is 30.3 Å². The summed E-state index contributed by atoms with van der Waals surface area (Å²) in [6.07, 6.45) is 2.87. The topological polar surface area (TPSA) is 50.4 Å². The molecule has 23 heavy (non-hydrogen) atoms. The minimum Gasteiger partial charge on any atom is -0.373 e. The Kier molecular flexibility index (Phi) is 6.37. The first kappa shape index (κ1) is 16.8. The number of hydrogen-bond donors (Lipinski definition) is 2. The number of benzene rings is 1. The fraction of sp³-hybridized carbons (Fsp3) is 0.611. The maximum atomic E-state index is 12.2. The minimum absolute atomic E-state index is 0.105. The van der Waals surface area contributed by atoms with Crippen LogP contribution in [0.4, 0.5) is 0 Å². The number of amides is 1. The molecule has 1 amide bonds. The average Bonchev–Trinajstić information content (AvgIpc) is 2.62. The zero-order valence-corrected chi connectivity index (χ0v) is 14.3. The van der Waals surface area contributed by atoms with E-state index in [0.29, 0.717) is 24.9 Å². The fourth-order valence-corrected chi connectivity index (χ4v) is 4.30. The number of nitrogens with one attached hydrogen (secondary N) is 2. The van der Waals surface area contributed by atoms with Crippen molar-refractivity contribution in [2.24, 2.45) is 5.92 Å². The van der Waals surface area contributed by atoms with E-state index in [1.54, 1.807) is 0 Å². The molecule has 4 nitrogen and oxygen atoms in total. The summed E-state index contributed by atoms with van der Waals surface area (Å²) in [6.45, 7) is 2.53. The average molecular weight is 334 g/mol. The smallest absolute Gasteiger partial charge is 0.221 e. The van der Waals surface area contributed by atoms with E-state index < -0.39 is 0 Å². The summed E-state index contributed by atoms with van der Waals surface area (Å²) >= 11 is 1.93. The molecule has 0 radical (unpaired) electrons. The van der Waals surface area contributed by atoms with Crippen molar-refractivity contribution in [2.75, 3.05) is 31.2 Å². The Balaban J connectivity index is 1.50. The largest absolute Gasteiger partial charge is 0.373 e. The second-order valence-corrected chi connectivity index (χ2v) is 7.49. The fourth-order valence-electron chi connectivity index (χ4n) is 3.36. The number of carbonyl (C=O) groups is 1. The van der Waals surface area contributed by atoms with Crippen LogP contribution in [0.1, 0.15) is 30.9 Å². The molecule has 2 heterocycles. The van der Waals surface area contributed by atoms with E-state index in [9.17, 15) is 4.79 Å². The van der Waals surface area contributed by atoms with Gasteiger partial charge in [0.2, 0.25) is 5.91 Å². The molecule has 2 aliphatic heterocycles. The first-order valence-electron chi connectivity index (χ1n) is 8.57. The van der Waals surface area contributed by atoms with Crippen LogP contribution >= 0.6 is 11.8 Å². The molecule has 5 heteroatoms. The first-order valence-corrected chi connectivity index (χ1v) is 9.73. The van der Waals surface area contributed by atoms with Crippen molar-refractivity contribution in [2.45, 2.75) is 31.4 Å². The summed E-state index contributed by atoms with van der Waals surface area (Å²) in [5.41, 5.74) is 1.22. The van der Waals surface area contributed by atoms with Crippen molar-refractivity contribution < 1.29 is 9.53 Å². The molecule has 0 aliphatic carbocycles. The third kappa shape index (κ3) is 4.96. The number of thioether (sulfide) groups is 1. The third-order valence-electron chi connectivity index (χ3n) is 4.56. The van der Waals surface area contributed by atoms with Crippen LogP contribution in [0.5, 0.6) is 0 Å². The van der Waals surface area contributed by atoms with Gasteiger partial charge in [0.15, 0.2) is 0 Å². The molecule has 3 atom stereocenters. The minimum atomic E-state index is 0.105. The van der Waals surface area contributed by atoms with E-state index in [1.807, 2.05) is 17.8 Å². The van der Waals surface area contributed by atoms with Gasteiger partial charge >= 0.3 is 0 Å². The molecule has 1 aromatic rings. The molecule has 126 valence electrons. The molecule has 3 rings (SSSR count). The Morgan fingerprint density at radius 2 is 2.22 bits per heavy atom. The molecule has 0 spiro atoms. The van der Waals surface area contributed by atoms with Gasteiger partial charge in [0.05, 0.1) is 6.10 Å². The van der Waals surface area contributed by atoms with E-state index in [-0.39, 0.29) is 12.0 Å². The van der Waals surface area contributed by atoms with Gasteiger partial charge in [0.1, 0.15) is 0 Å². The summed E-state index contributed by atoms with van der Waals surface area (Å²) in [6, 6.07) is 10.7. The van der Waals surface area contributed by atoms with Crippen molar-refractivity contribution in [1.82, 2.24) is 10.6 Å². The van der Waals surface area contributed by atoms with Gasteiger partial charge in [-0.15, -0.1) is 0 Å². The number of carbonyl (C=O) groups excluding carboxylic acids is 1. The molecule has 2 saturated heterocycles. The lowest BCUT2D eigenvalue weighted by Crippen LogP contribution is -2.42. The summed E-state index contributed by atoms with van der Waals surface area (Å²) in [4.78, 5) is 12.2. The van der Waals surface area contributed by atoms with E-state index in [0.717, 1.165) is 37.5 Å². The Hall–Kier alpha value is -1.04. The van der Waals surface area contributed by atoms with Gasteiger partial charge in [-0.25, -0.2) is 0 Å². The highest BCUT2D eigenvalue weighted by Gasteiger charge is 2.28. The lowest BCUT2D eigenvalue weighted by molar-refractivity contribution is -0.122. The normalized spacial score (nSPS) is 28.3. The summed E-state index contributed by atoms with van der Waals surface area (Å²) in [7, 11) is 0. The van der Waals surface area contributed by atoms with Crippen LogP contribution in [-0.4, -0.2) is 43.2 Å². The molecule has 0 saturated carbocycles. The first-order chi connectivity index (χ1) is 11.3. The molecule has 2 N–H and O–H groups in total. The maximum Gasteiger partial charge on any atom is 0.221 e. The molecular formula is C18H26N2O2S. The lowest BCUT2D eigenvalue weighted by Gasteiger charge is -2.32. The predicted octanol–water partition coefficient (Wildman–Crippen LogP) is 2.37. The maximum absolute atomic E-state index is 12.2. The Bertz CT molecular complexity index is 491. The zero-order valence-electron chi connectivity index (χ0n) is 13.5. The summed E-state index contributed by atoms with van der Waals surface area (Å²) < 4.78 is 5.99. The highest BCUT2D eigenvalue weighted by atomic mass is 32.2. The summed E-state index contributed by atoms with van der Waals surface area (Å²) in [5, 5.41) is 6.55. The van der Waals surface area contributed by atoms with Crippen molar-refractivity contribution in [3.05, 3.63) is 35.9 Å². The molecule has 2 fully saturated rings. The Labute approximate surface area is 142 Å². The monoisotopic (exact) mass is 334 g/mol. The molecule has 3 unspecified atom stereocenters. The molecule has 0 bridgehead atoms. The van der Waals surface area contributed by atoms with Crippen LogP contribution in [0.3, 0.4) is 0 Å². The van der Waals surface area contributed by atoms with Crippen molar-refractivity contribution in [1.29, 1.82) is 0 Å². The van der Waals surface area contributed by atoms with E-state index in [1.165, 1.54) is 5.56 Å². The quantitative estimate of drug-likeness (QED) is 0.868. The Morgan fingerprint density at radius 3 is 3.00 bits per heavy atom. The molecular weight excluding hydrogens is 308 g/mol. The summed E-state index contributed by atoms with van der Waals surface area (Å²) in [5.74, 6) is 2.70. The molecule has 0 aromatic heterocycles. The number of rotatable bonds is 5. The van der Waals surface area contributed by atoms with Gasteiger partial charge in [-0.3, -0.25) is 4.79 Å². The van der Waals surface area contributed by atoms with Crippen LogP contribution < -0.4 is 10.6 Å². The van der Waals surface area contributed by atoms with Gasteiger partial charge < -0.3 is 15.4 Å². The second-order valence-electron chi connectivity index (χ2n) is 6.34. The van der Waals surface area contributed by atoms with Gasteiger partial charge in [0, 0.05) is 49.6 Å². The van der Waals surface area contributed by atoms with E-state index in [4.69, 9.17) is 4.74 Å². The third-order valence-corrected chi connectivity index (χ3v) is 5.70. The van der Waals surface area contributed by atoms with Crippen molar-refractivity contribution in [3.8, 4) is 0 Å². The number of ether oxygens (including phenoxy) is 1. The number of hydrogen-bond acceptors (Lipinski definition) is 4. The van der Waals surface area contributed by atoms with Gasteiger partial charge in [-0.05, 0) is 18.4 Å². The molecule has 2 aliphatic rings. The highest BCUT2D eigenvalue weighted by molar-refractivity contribution is 7.99. The van der Waals surface area contributed by atoms with Crippen molar-refractivity contribution in [3.63, 3.8) is 0 Å². The van der Waals surface area contributed by atoms with Crippen LogP contribution in [0.2, 0.25) is 0 Å². The van der Waals surface area contributed by atoms with Crippen LogP contribution in [0, 0.1) is 5.92 Å². The zero-order chi connectivity index (χ0) is 15.9.